The molecule has 24 heavy (non-hydrogen) atoms. The molecule has 1 aromatic carbocycles. The molecule has 0 aromatic heterocycles. The number of methoxy groups -OCH3 is 1. The van der Waals surface area contributed by atoms with Crippen LogP contribution in [0.1, 0.15) is 70.3 Å². The van der Waals surface area contributed by atoms with Crippen LogP contribution in [0, 0.1) is 35.3 Å². The maximum Gasteiger partial charge on any atom is 0.201 e. The Morgan fingerprint density at radius 1 is 1.04 bits per heavy atom. The SMILES string of the molecule is CCCCCCC1CCC(C#Cc2ccc(OC)c(F)c2F)CC1. The lowest BCUT2D eigenvalue weighted by Gasteiger charge is -2.25. The van der Waals surface area contributed by atoms with E-state index in [4.69, 9.17) is 4.74 Å². The normalized spacial score (nSPS) is 20.3. The van der Waals surface area contributed by atoms with Gasteiger partial charge in [0.1, 0.15) is 0 Å². The average Bonchev–Trinajstić information content (AvgIpc) is 2.61. The van der Waals surface area contributed by atoms with Gasteiger partial charge in [0.05, 0.1) is 12.7 Å². The summed E-state index contributed by atoms with van der Waals surface area (Å²) >= 11 is 0. The summed E-state index contributed by atoms with van der Waals surface area (Å²) in [6, 6.07) is 2.92. The van der Waals surface area contributed by atoms with Gasteiger partial charge in [0, 0.05) is 5.92 Å². The quantitative estimate of drug-likeness (QED) is 0.451. The minimum atomic E-state index is -0.958. The van der Waals surface area contributed by atoms with Crippen LogP contribution in [0.4, 0.5) is 8.78 Å². The highest BCUT2D eigenvalue weighted by molar-refractivity contribution is 5.41. The summed E-state index contributed by atoms with van der Waals surface area (Å²) in [7, 11) is 1.32. The van der Waals surface area contributed by atoms with E-state index in [0.717, 1.165) is 18.8 Å². The second-order valence-electron chi connectivity index (χ2n) is 6.78. The van der Waals surface area contributed by atoms with Gasteiger partial charge in [-0.3, -0.25) is 0 Å². The Labute approximate surface area is 144 Å². The highest BCUT2D eigenvalue weighted by Crippen LogP contribution is 2.32. The molecule has 2 rings (SSSR count). The molecule has 1 fully saturated rings. The predicted octanol–water partition coefficient (Wildman–Crippen LogP) is 6.10. The average molecular weight is 334 g/mol. The third-order valence-electron chi connectivity index (χ3n) is 4.99. The number of ether oxygens (including phenoxy) is 1. The number of benzene rings is 1. The lowest BCUT2D eigenvalue weighted by atomic mass is 9.80. The maximum absolute atomic E-state index is 13.9. The van der Waals surface area contributed by atoms with Crippen molar-refractivity contribution in [3.05, 3.63) is 29.3 Å². The third-order valence-corrected chi connectivity index (χ3v) is 4.99. The van der Waals surface area contributed by atoms with Crippen molar-refractivity contribution in [3.63, 3.8) is 0 Å². The highest BCUT2D eigenvalue weighted by Gasteiger charge is 2.19. The highest BCUT2D eigenvalue weighted by atomic mass is 19.2. The molecule has 1 aliphatic carbocycles. The molecule has 132 valence electrons. The summed E-state index contributed by atoms with van der Waals surface area (Å²) in [6.07, 6.45) is 11.2. The molecule has 0 unspecified atom stereocenters. The summed E-state index contributed by atoms with van der Waals surface area (Å²) in [5, 5.41) is 0. The van der Waals surface area contributed by atoms with E-state index >= 15 is 0 Å². The molecule has 0 bridgehead atoms. The fraction of sp³-hybridized carbons (Fsp3) is 0.619. The van der Waals surface area contributed by atoms with E-state index in [1.54, 1.807) is 0 Å². The van der Waals surface area contributed by atoms with Crippen LogP contribution in [0.25, 0.3) is 0 Å². The minimum Gasteiger partial charge on any atom is -0.494 e. The molecular formula is C21H28F2O. The standard InChI is InChI=1S/C21H28F2O/c1-3-4-5-6-7-16-8-10-17(11-9-16)12-13-18-14-15-19(24-2)21(23)20(18)22/h14-17H,3-11H2,1-2H3. The molecule has 1 nitrogen and oxygen atoms in total. The summed E-state index contributed by atoms with van der Waals surface area (Å²) in [5.74, 6) is 5.16. The minimum absolute atomic E-state index is 0.0818. The Morgan fingerprint density at radius 3 is 2.46 bits per heavy atom. The number of hydrogen-bond donors (Lipinski definition) is 0. The molecule has 0 heterocycles. The van der Waals surface area contributed by atoms with Crippen molar-refractivity contribution in [2.45, 2.75) is 64.7 Å². The molecule has 0 aliphatic heterocycles. The summed E-state index contributed by atoms with van der Waals surface area (Å²) in [4.78, 5) is 0. The van der Waals surface area contributed by atoms with Crippen molar-refractivity contribution < 1.29 is 13.5 Å². The van der Waals surface area contributed by atoms with Gasteiger partial charge in [-0.2, -0.15) is 4.39 Å². The first kappa shape index (κ1) is 18.8. The fourth-order valence-electron chi connectivity index (χ4n) is 3.42. The molecule has 0 amide bonds. The Bertz CT molecular complexity index is 577. The molecule has 0 atom stereocenters. The van der Waals surface area contributed by atoms with Crippen molar-refractivity contribution in [1.82, 2.24) is 0 Å². The van der Waals surface area contributed by atoms with Gasteiger partial charge >= 0.3 is 0 Å². The Kier molecular flexibility index (Phi) is 7.56. The summed E-state index contributed by atoms with van der Waals surface area (Å²) in [5.41, 5.74) is 0.120. The monoisotopic (exact) mass is 334 g/mol. The first-order valence-corrected chi connectivity index (χ1v) is 9.19. The first-order valence-electron chi connectivity index (χ1n) is 9.19. The van der Waals surface area contributed by atoms with Crippen LogP contribution >= 0.6 is 0 Å². The van der Waals surface area contributed by atoms with Crippen LogP contribution in [0.3, 0.4) is 0 Å². The first-order chi connectivity index (χ1) is 11.7. The largest absolute Gasteiger partial charge is 0.494 e. The molecule has 3 heteroatoms. The number of unbranched alkanes of at least 4 members (excludes halogenated alkanes) is 3. The maximum atomic E-state index is 13.9. The van der Waals surface area contributed by atoms with Gasteiger partial charge in [-0.15, -0.1) is 0 Å². The van der Waals surface area contributed by atoms with Gasteiger partial charge < -0.3 is 4.74 Å². The zero-order valence-corrected chi connectivity index (χ0v) is 14.8. The van der Waals surface area contributed by atoms with E-state index in [2.05, 4.69) is 18.8 Å². The summed E-state index contributed by atoms with van der Waals surface area (Å²) < 4.78 is 32.4. The third kappa shape index (κ3) is 5.23. The van der Waals surface area contributed by atoms with Gasteiger partial charge in [0.25, 0.3) is 0 Å². The molecule has 0 N–H and O–H groups in total. The van der Waals surface area contributed by atoms with E-state index in [9.17, 15) is 8.78 Å². The van der Waals surface area contributed by atoms with Crippen LogP contribution in [0.2, 0.25) is 0 Å². The molecular weight excluding hydrogens is 306 g/mol. The van der Waals surface area contributed by atoms with Crippen molar-refractivity contribution in [2.75, 3.05) is 7.11 Å². The van der Waals surface area contributed by atoms with E-state index in [0.29, 0.717) is 5.92 Å². The van der Waals surface area contributed by atoms with Crippen molar-refractivity contribution in [3.8, 4) is 17.6 Å². The molecule has 0 spiro atoms. The van der Waals surface area contributed by atoms with E-state index in [1.165, 1.54) is 64.2 Å². The summed E-state index contributed by atoms with van der Waals surface area (Å²) in [6.45, 7) is 2.24. The predicted molar refractivity (Wildman–Crippen MR) is 94.0 cm³/mol. The zero-order chi connectivity index (χ0) is 17.4. The molecule has 1 aromatic rings. The van der Waals surface area contributed by atoms with Crippen molar-refractivity contribution >= 4 is 0 Å². The van der Waals surface area contributed by atoms with Crippen molar-refractivity contribution in [2.24, 2.45) is 11.8 Å². The van der Waals surface area contributed by atoms with Crippen LogP contribution in [0.5, 0.6) is 5.75 Å². The van der Waals surface area contributed by atoms with Gasteiger partial charge in [-0.25, -0.2) is 4.39 Å². The lowest BCUT2D eigenvalue weighted by Crippen LogP contribution is -2.13. The fourth-order valence-corrected chi connectivity index (χ4v) is 3.42. The zero-order valence-electron chi connectivity index (χ0n) is 14.8. The van der Waals surface area contributed by atoms with Crippen LogP contribution in [-0.2, 0) is 0 Å². The van der Waals surface area contributed by atoms with Gasteiger partial charge in [0.15, 0.2) is 11.6 Å². The van der Waals surface area contributed by atoms with Gasteiger partial charge in [0.2, 0.25) is 5.82 Å². The van der Waals surface area contributed by atoms with Gasteiger partial charge in [-0.1, -0.05) is 50.9 Å². The lowest BCUT2D eigenvalue weighted by molar-refractivity contribution is 0.294. The Morgan fingerprint density at radius 2 is 1.79 bits per heavy atom. The van der Waals surface area contributed by atoms with E-state index < -0.39 is 11.6 Å². The number of hydrogen-bond acceptors (Lipinski definition) is 1. The molecule has 0 radical (unpaired) electrons. The number of halogens is 2. The van der Waals surface area contributed by atoms with Crippen LogP contribution in [0.15, 0.2) is 12.1 Å². The topological polar surface area (TPSA) is 9.23 Å². The van der Waals surface area contributed by atoms with Crippen LogP contribution < -0.4 is 4.74 Å². The molecule has 1 saturated carbocycles. The van der Waals surface area contributed by atoms with Crippen molar-refractivity contribution in [1.29, 1.82) is 0 Å². The molecule has 1 aliphatic rings. The number of rotatable bonds is 6. The van der Waals surface area contributed by atoms with Crippen LogP contribution in [-0.4, -0.2) is 7.11 Å². The Hall–Kier alpha value is -1.56. The Balaban J connectivity index is 1.84. The second-order valence-corrected chi connectivity index (χ2v) is 6.78. The second kappa shape index (κ2) is 9.67. The van der Waals surface area contributed by atoms with Gasteiger partial charge in [-0.05, 0) is 43.7 Å². The smallest absolute Gasteiger partial charge is 0.201 e. The molecule has 0 saturated heterocycles. The van der Waals surface area contributed by atoms with E-state index in [1.807, 2.05) is 0 Å². The van der Waals surface area contributed by atoms with E-state index in [-0.39, 0.29) is 11.3 Å².